The highest BCUT2D eigenvalue weighted by Crippen LogP contribution is 2.02. The van der Waals surface area contributed by atoms with Crippen LogP contribution in [0.25, 0.3) is 0 Å². The number of aliphatic carboxylic acids is 1. The zero-order chi connectivity index (χ0) is 12.1. The summed E-state index contributed by atoms with van der Waals surface area (Å²) in [5.41, 5.74) is 0. The van der Waals surface area contributed by atoms with E-state index in [1.54, 1.807) is 13.1 Å². The maximum absolute atomic E-state index is 10.7. The lowest BCUT2D eigenvalue weighted by Gasteiger charge is -2.17. The molecule has 1 aromatic rings. The summed E-state index contributed by atoms with van der Waals surface area (Å²) in [6.45, 7) is 4.33. The second-order valence-electron chi connectivity index (χ2n) is 4.07. The van der Waals surface area contributed by atoms with Crippen molar-refractivity contribution in [2.24, 2.45) is 13.0 Å². The van der Waals surface area contributed by atoms with Gasteiger partial charge >= 0.3 is 5.97 Å². The summed E-state index contributed by atoms with van der Waals surface area (Å²) in [6, 6.07) is -0.0298. The van der Waals surface area contributed by atoms with Gasteiger partial charge in [0.25, 0.3) is 0 Å². The molecule has 90 valence electrons. The van der Waals surface area contributed by atoms with Gasteiger partial charge in [-0.25, -0.2) is 4.98 Å². The van der Waals surface area contributed by atoms with Crippen molar-refractivity contribution in [3.63, 3.8) is 0 Å². The van der Waals surface area contributed by atoms with Crippen molar-refractivity contribution in [1.29, 1.82) is 0 Å². The molecule has 0 bridgehead atoms. The van der Waals surface area contributed by atoms with Crippen molar-refractivity contribution < 1.29 is 9.90 Å². The number of rotatable bonds is 6. The molecule has 0 saturated carbocycles. The van der Waals surface area contributed by atoms with Crippen molar-refractivity contribution >= 4 is 5.97 Å². The van der Waals surface area contributed by atoms with Crippen LogP contribution in [0, 0.1) is 5.92 Å². The third-order valence-corrected chi connectivity index (χ3v) is 2.88. The van der Waals surface area contributed by atoms with Crippen molar-refractivity contribution in [2.45, 2.75) is 26.3 Å². The summed E-state index contributed by atoms with van der Waals surface area (Å²) < 4.78 is 1.97. The highest BCUT2D eigenvalue weighted by molar-refractivity contribution is 5.70. The first-order valence-electron chi connectivity index (χ1n) is 5.44. The highest BCUT2D eigenvalue weighted by Gasteiger charge is 2.18. The molecular formula is C11H19N3O2. The number of hydrogen-bond donors (Lipinski definition) is 2. The Labute approximate surface area is 95.5 Å². The van der Waals surface area contributed by atoms with Gasteiger partial charge in [-0.1, -0.05) is 6.92 Å². The molecule has 1 rings (SSSR count). The smallest absolute Gasteiger partial charge is 0.307 e. The van der Waals surface area contributed by atoms with Crippen LogP contribution in [0.1, 0.15) is 19.7 Å². The number of nitrogens with one attached hydrogen (secondary N) is 1. The lowest BCUT2D eigenvalue weighted by molar-refractivity contribution is -0.141. The maximum atomic E-state index is 10.7. The first-order valence-corrected chi connectivity index (χ1v) is 5.44. The minimum atomic E-state index is -0.767. The number of nitrogens with zero attached hydrogens (tertiary/aromatic N) is 2. The van der Waals surface area contributed by atoms with Crippen molar-refractivity contribution in [3.05, 3.63) is 18.2 Å². The fourth-order valence-corrected chi connectivity index (χ4v) is 1.44. The number of carboxylic acid groups (broad SMARTS) is 1. The molecule has 2 atom stereocenters. The van der Waals surface area contributed by atoms with E-state index in [9.17, 15) is 4.79 Å². The SMILES string of the molecule is CC(NCCc1nccn1C)C(C)C(=O)O. The predicted molar refractivity (Wildman–Crippen MR) is 61.2 cm³/mol. The third-order valence-electron chi connectivity index (χ3n) is 2.88. The molecule has 0 spiro atoms. The number of aromatic nitrogens is 2. The summed E-state index contributed by atoms with van der Waals surface area (Å²) in [6.07, 6.45) is 4.47. The zero-order valence-electron chi connectivity index (χ0n) is 9.97. The topological polar surface area (TPSA) is 67.2 Å². The largest absolute Gasteiger partial charge is 0.481 e. The van der Waals surface area contributed by atoms with Gasteiger partial charge in [-0.2, -0.15) is 0 Å². The van der Waals surface area contributed by atoms with E-state index in [1.165, 1.54) is 0 Å². The Balaban J connectivity index is 2.31. The van der Waals surface area contributed by atoms with Crippen LogP contribution in [0.3, 0.4) is 0 Å². The summed E-state index contributed by atoms with van der Waals surface area (Å²) >= 11 is 0. The molecule has 0 radical (unpaired) electrons. The first kappa shape index (κ1) is 12.7. The van der Waals surface area contributed by atoms with Crippen LogP contribution < -0.4 is 5.32 Å². The molecule has 1 aromatic heterocycles. The number of aryl methyl sites for hydroxylation is 1. The molecule has 0 aromatic carbocycles. The van der Waals surface area contributed by atoms with E-state index in [1.807, 2.05) is 24.7 Å². The minimum absolute atomic E-state index is 0.0298. The molecule has 5 heteroatoms. The molecule has 16 heavy (non-hydrogen) atoms. The van der Waals surface area contributed by atoms with E-state index in [2.05, 4.69) is 10.3 Å². The van der Waals surface area contributed by atoms with Crippen LogP contribution in [-0.2, 0) is 18.3 Å². The Morgan fingerprint density at radius 2 is 2.31 bits per heavy atom. The second kappa shape index (κ2) is 5.65. The Kier molecular flexibility index (Phi) is 4.49. The van der Waals surface area contributed by atoms with E-state index in [-0.39, 0.29) is 12.0 Å². The second-order valence-corrected chi connectivity index (χ2v) is 4.07. The van der Waals surface area contributed by atoms with Crippen molar-refractivity contribution in [1.82, 2.24) is 14.9 Å². The third kappa shape index (κ3) is 3.34. The van der Waals surface area contributed by atoms with Crippen molar-refractivity contribution in [3.8, 4) is 0 Å². The van der Waals surface area contributed by atoms with Gasteiger partial charge in [0.2, 0.25) is 0 Å². The maximum Gasteiger partial charge on any atom is 0.307 e. The number of imidazole rings is 1. The van der Waals surface area contributed by atoms with Crippen LogP contribution in [0.15, 0.2) is 12.4 Å². The average molecular weight is 225 g/mol. The summed E-state index contributed by atoms with van der Waals surface area (Å²) in [7, 11) is 1.95. The quantitative estimate of drug-likeness (QED) is 0.746. The lowest BCUT2D eigenvalue weighted by Crippen LogP contribution is -2.37. The molecule has 0 aliphatic rings. The molecule has 2 unspecified atom stereocenters. The molecule has 0 aliphatic heterocycles. The number of carbonyl (C=O) groups is 1. The molecule has 1 heterocycles. The summed E-state index contributed by atoms with van der Waals surface area (Å²) in [4.78, 5) is 14.9. The van der Waals surface area contributed by atoms with E-state index in [0.717, 1.165) is 18.8 Å². The van der Waals surface area contributed by atoms with Crippen LogP contribution in [0.5, 0.6) is 0 Å². The molecular weight excluding hydrogens is 206 g/mol. The first-order chi connectivity index (χ1) is 7.52. The fourth-order valence-electron chi connectivity index (χ4n) is 1.44. The summed E-state index contributed by atoms with van der Waals surface area (Å²) in [5.74, 6) is -0.138. The number of carboxylic acids is 1. The van der Waals surface area contributed by atoms with Crippen LogP contribution in [0.2, 0.25) is 0 Å². The van der Waals surface area contributed by atoms with E-state index in [4.69, 9.17) is 5.11 Å². The fraction of sp³-hybridized carbons (Fsp3) is 0.636. The van der Waals surface area contributed by atoms with Crippen LogP contribution in [0.4, 0.5) is 0 Å². The average Bonchev–Trinajstić information content (AvgIpc) is 2.63. The molecule has 0 amide bonds. The van der Waals surface area contributed by atoms with Gasteiger partial charge in [0, 0.05) is 38.4 Å². The van der Waals surface area contributed by atoms with E-state index in [0.29, 0.717) is 0 Å². The predicted octanol–water partition coefficient (Wildman–Crippen LogP) is 0.661. The van der Waals surface area contributed by atoms with Gasteiger partial charge in [0.1, 0.15) is 5.82 Å². The Bertz CT molecular complexity index is 349. The Morgan fingerprint density at radius 3 is 2.81 bits per heavy atom. The molecule has 0 saturated heterocycles. The molecule has 0 aliphatic carbocycles. The van der Waals surface area contributed by atoms with Gasteiger partial charge in [-0.3, -0.25) is 4.79 Å². The monoisotopic (exact) mass is 225 g/mol. The van der Waals surface area contributed by atoms with Crippen LogP contribution in [-0.4, -0.2) is 33.2 Å². The Morgan fingerprint density at radius 1 is 1.62 bits per heavy atom. The van der Waals surface area contributed by atoms with Gasteiger partial charge in [0.05, 0.1) is 5.92 Å². The standard InChI is InChI=1S/C11H19N3O2/c1-8(11(15)16)9(2)12-5-4-10-13-6-7-14(10)3/h6-9,12H,4-5H2,1-3H3,(H,15,16). The molecule has 5 nitrogen and oxygen atoms in total. The molecule has 0 fully saturated rings. The van der Waals surface area contributed by atoms with Gasteiger partial charge < -0.3 is 15.0 Å². The van der Waals surface area contributed by atoms with Gasteiger partial charge in [0.15, 0.2) is 0 Å². The van der Waals surface area contributed by atoms with Gasteiger partial charge in [-0.05, 0) is 6.92 Å². The summed E-state index contributed by atoms with van der Waals surface area (Å²) in [5, 5.41) is 12.0. The van der Waals surface area contributed by atoms with Crippen molar-refractivity contribution in [2.75, 3.05) is 6.54 Å². The molecule has 2 N–H and O–H groups in total. The normalized spacial score (nSPS) is 14.7. The van der Waals surface area contributed by atoms with E-state index >= 15 is 0 Å². The van der Waals surface area contributed by atoms with Crippen LogP contribution >= 0.6 is 0 Å². The number of hydrogen-bond acceptors (Lipinski definition) is 3. The van der Waals surface area contributed by atoms with Gasteiger partial charge in [-0.15, -0.1) is 0 Å². The highest BCUT2D eigenvalue weighted by atomic mass is 16.4. The lowest BCUT2D eigenvalue weighted by atomic mass is 10.0. The Hall–Kier alpha value is -1.36. The van der Waals surface area contributed by atoms with E-state index < -0.39 is 5.97 Å². The zero-order valence-corrected chi connectivity index (χ0v) is 9.97. The minimum Gasteiger partial charge on any atom is -0.481 e.